The van der Waals surface area contributed by atoms with Crippen LogP contribution < -0.4 is 10.1 Å². The predicted octanol–water partition coefficient (Wildman–Crippen LogP) is 4.08. The van der Waals surface area contributed by atoms with Crippen molar-refractivity contribution in [1.29, 1.82) is 0 Å². The molecule has 27 heavy (non-hydrogen) atoms. The Balaban J connectivity index is 1.41. The number of methoxy groups -OCH3 is 1. The van der Waals surface area contributed by atoms with Gasteiger partial charge in [-0.3, -0.25) is 4.79 Å². The largest absolute Gasteiger partial charge is 0.494 e. The molecule has 1 saturated carbocycles. The Hall–Kier alpha value is -1.59. The number of rotatable bonds is 9. The number of likely N-dealkylation sites (tertiary alicyclic amines) is 1. The molecule has 2 atom stereocenters. The van der Waals surface area contributed by atoms with Crippen molar-refractivity contribution in [2.45, 2.75) is 64.0 Å². The number of piperidine rings is 1. The van der Waals surface area contributed by atoms with Gasteiger partial charge in [0.1, 0.15) is 11.4 Å². The quantitative estimate of drug-likeness (QED) is 0.662. The average molecular weight is 375 g/mol. The molecular formula is C22H34N2O3. The molecule has 150 valence electrons. The van der Waals surface area contributed by atoms with Crippen molar-refractivity contribution >= 4 is 11.6 Å². The summed E-state index contributed by atoms with van der Waals surface area (Å²) >= 11 is 0. The zero-order valence-electron chi connectivity index (χ0n) is 17.0. The summed E-state index contributed by atoms with van der Waals surface area (Å²) in [5.41, 5.74) is 0.0410. The predicted molar refractivity (Wildman–Crippen MR) is 108 cm³/mol. The van der Waals surface area contributed by atoms with Gasteiger partial charge in [-0.2, -0.15) is 0 Å². The molecule has 1 aliphatic heterocycles. The molecule has 0 unspecified atom stereocenters. The smallest absolute Gasteiger partial charge is 0.256 e. The van der Waals surface area contributed by atoms with Crippen molar-refractivity contribution < 1.29 is 14.3 Å². The van der Waals surface area contributed by atoms with E-state index in [1.165, 1.54) is 25.8 Å². The summed E-state index contributed by atoms with van der Waals surface area (Å²) < 4.78 is 11.4. The van der Waals surface area contributed by atoms with Gasteiger partial charge >= 0.3 is 0 Å². The zero-order valence-corrected chi connectivity index (χ0v) is 17.0. The Labute approximate surface area is 163 Å². The summed E-state index contributed by atoms with van der Waals surface area (Å²) in [6.07, 6.45) is 7.15. The molecule has 2 aliphatic rings. The van der Waals surface area contributed by atoms with E-state index in [4.69, 9.17) is 9.47 Å². The van der Waals surface area contributed by atoms with E-state index in [0.29, 0.717) is 12.0 Å². The highest BCUT2D eigenvalue weighted by Gasteiger charge is 2.47. The van der Waals surface area contributed by atoms with Crippen LogP contribution in [0.4, 0.5) is 5.69 Å². The maximum atomic E-state index is 12.5. The lowest BCUT2D eigenvalue weighted by Crippen LogP contribution is -2.44. The minimum Gasteiger partial charge on any atom is -0.494 e. The van der Waals surface area contributed by atoms with Crippen molar-refractivity contribution in [3.8, 4) is 5.75 Å². The molecule has 3 rings (SSSR count). The van der Waals surface area contributed by atoms with E-state index in [2.05, 4.69) is 17.1 Å². The maximum Gasteiger partial charge on any atom is 0.256 e. The van der Waals surface area contributed by atoms with E-state index in [1.807, 2.05) is 31.2 Å². The SMILES string of the molecule is CO[C@@](C)(C(=O)Nc1ccc(OCCCN2CCCC[C@@H]2C)cc1)C1CC1. The molecule has 2 fully saturated rings. The fourth-order valence-corrected chi connectivity index (χ4v) is 3.92. The van der Waals surface area contributed by atoms with E-state index >= 15 is 0 Å². The van der Waals surface area contributed by atoms with E-state index in [1.54, 1.807) is 7.11 Å². The highest BCUT2D eigenvalue weighted by Crippen LogP contribution is 2.42. The monoisotopic (exact) mass is 374 g/mol. The third-order valence-corrected chi connectivity index (χ3v) is 6.14. The number of nitrogens with one attached hydrogen (secondary N) is 1. The van der Waals surface area contributed by atoms with E-state index in [-0.39, 0.29) is 5.91 Å². The second kappa shape index (κ2) is 9.07. The Kier molecular flexibility index (Phi) is 6.77. The lowest BCUT2D eigenvalue weighted by molar-refractivity contribution is -0.138. The van der Waals surface area contributed by atoms with Gasteiger partial charge in [0.25, 0.3) is 5.91 Å². The van der Waals surface area contributed by atoms with Crippen LogP contribution in [0.15, 0.2) is 24.3 Å². The topological polar surface area (TPSA) is 50.8 Å². The fourth-order valence-electron chi connectivity index (χ4n) is 3.92. The number of benzene rings is 1. The minimum atomic E-state index is -0.735. The van der Waals surface area contributed by atoms with Crippen molar-refractivity contribution in [3.05, 3.63) is 24.3 Å². The lowest BCUT2D eigenvalue weighted by Gasteiger charge is -2.33. The second-order valence-corrected chi connectivity index (χ2v) is 8.15. The molecule has 1 amide bonds. The third kappa shape index (κ3) is 5.23. The number of nitrogens with zero attached hydrogens (tertiary/aromatic N) is 1. The molecule has 1 aromatic carbocycles. The first-order chi connectivity index (χ1) is 13.0. The summed E-state index contributed by atoms with van der Waals surface area (Å²) in [5, 5.41) is 2.97. The highest BCUT2D eigenvalue weighted by molar-refractivity contribution is 5.97. The molecule has 1 N–H and O–H groups in total. The van der Waals surface area contributed by atoms with Crippen LogP contribution in [0.2, 0.25) is 0 Å². The number of carbonyl (C=O) groups excluding carboxylic acids is 1. The zero-order chi connectivity index (χ0) is 19.3. The van der Waals surface area contributed by atoms with Gasteiger partial charge in [-0.25, -0.2) is 0 Å². The first-order valence-corrected chi connectivity index (χ1v) is 10.4. The molecule has 0 spiro atoms. The number of carbonyl (C=O) groups is 1. The molecule has 5 heteroatoms. The van der Waals surface area contributed by atoms with Crippen LogP contribution in [0, 0.1) is 5.92 Å². The van der Waals surface area contributed by atoms with Gasteiger partial charge in [-0.05, 0) is 82.7 Å². The number of ether oxygens (including phenoxy) is 2. The maximum absolute atomic E-state index is 12.5. The van der Waals surface area contributed by atoms with Gasteiger partial charge in [0.2, 0.25) is 0 Å². The van der Waals surface area contributed by atoms with Crippen molar-refractivity contribution in [2.24, 2.45) is 5.92 Å². The summed E-state index contributed by atoms with van der Waals surface area (Å²) in [5.74, 6) is 1.10. The summed E-state index contributed by atoms with van der Waals surface area (Å²) in [4.78, 5) is 15.1. The molecule has 1 heterocycles. The van der Waals surface area contributed by atoms with Gasteiger partial charge in [0.15, 0.2) is 0 Å². The first kappa shape index (κ1) is 20.2. The fraction of sp³-hybridized carbons (Fsp3) is 0.682. The number of hydrogen-bond acceptors (Lipinski definition) is 4. The Morgan fingerprint density at radius 3 is 2.59 bits per heavy atom. The second-order valence-electron chi connectivity index (χ2n) is 8.15. The van der Waals surface area contributed by atoms with E-state index in [0.717, 1.165) is 43.9 Å². The average Bonchev–Trinajstić information content (AvgIpc) is 3.53. The lowest BCUT2D eigenvalue weighted by atomic mass is 9.99. The molecule has 0 radical (unpaired) electrons. The van der Waals surface area contributed by atoms with Crippen molar-refractivity contribution in [1.82, 2.24) is 4.90 Å². The van der Waals surface area contributed by atoms with Crippen LogP contribution in [0.25, 0.3) is 0 Å². The molecule has 5 nitrogen and oxygen atoms in total. The molecule has 0 aromatic heterocycles. The third-order valence-electron chi connectivity index (χ3n) is 6.14. The van der Waals surface area contributed by atoms with Crippen LogP contribution in [0.1, 0.15) is 52.4 Å². The van der Waals surface area contributed by atoms with Crippen LogP contribution in [-0.2, 0) is 9.53 Å². The molecule has 1 aliphatic carbocycles. The van der Waals surface area contributed by atoms with Crippen LogP contribution >= 0.6 is 0 Å². The van der Waals surface area contributed by atoms with Gasteiger partial charge in [0, 0.05) is 25.4 Å². The molecular weight excluding hydrogens is 340 g/mol. The van der Waals surface area contributed by atoms with Gasteiger partial charge < -0.3 is 19.7 Å². The number of amides is 1. The molecule has 1 aromatic rings. The minimum absolute atomic E-state index is 0.0724. The van der Waals surface area contributed by atoms with Gasteiger partial charge in [0.05, 0.1) is 6.61 Å². The standard InChI is InChI=1S/C22H34N2O3/c1-17-7-4-5-14-24(17)15-6-16-27-20-12-10-19(11-13-20)23-21(25)22(2,26-3)18-8-9-18/h10-13,17-18H,4-9,14-16H2,1-3H3,(H,23,25)/t17-,22+/m0/s1. The Morgan fingerprint density at radius 1 is 1.22 bits per heavy atom. The first-order valence-electron chi connectivity index (χ1n) is 10.4. The summed E-state index contributed by atoms with van der Waals surface area (Å²) in [6.45, 7) is 7.24. The van der Waals surface area contributed by atoms with Crippen LogP contribution in [-0.4, -0.2) is 49.3 Å². The Morgan fingerprint density at radius 2 is 1.96 bits per heavy atom. The molecule has 0 bridgehead atoms. The van der Waals surface area contributed by atoms with Crippen molar-refractivity contribution in [2.75, 3.05) is 32.1 Å². The normalized spacial score (nSPS) is 22.9. The summed E-state index contributed by atoms with van der Waals surface area (Å²) in [7, 11) is 1.61. The number of hydrogen-bond donors (Lipinski definition) is 1. The van der Waals surface area contributed by atoms with Gasteiger partial charge in [-0.15, -0.1) is 0 Å². The molecule has 1 saturated heterocycles. The van der Waals surface area contributed by atoms with Crippen molar-refractivity contribution in [3.63, 3.8) is 0 Å². The highest BCUT2D eigenvalue weighted by atomic mass is 16.5. The van der Waals surface area contributed by atoms with E-state index < -0.39 is 5.60 Å². The Bertz CT molecular complexity index is 614. The summed E-state index contributed by atoms with van der Waals surface area (Å²) in [6, 6.07) is 8.32. The van der Waals surface area contributed by atoms with Gasteiger partial charge in [-0.1, -0.05) is 6.42 Å². The van der Waals surface area contributed by atoms with Crippen LogP contribution in [0.3, 0.4) is 0 Å². The van der Waals surface area contributed by atoms with Crippen LogP contribution in [0.5, 0.6) is 5.75 Å². The van der Waals surface area contributed by atoms with E-state index in [9.17, 15) is 4.79 Å². The number of anilines is 1.